The highest BCUT2D eigenvalue weighted by Gasteiger charge is 2.66. The quantitative estimate of drug-likeness (QED) is 0.214. The Morgan fingerprint density at radius 2 is 1.86 bits per heavy atom. The van der Waals surface area contributed by atoms with Crippen molar-refractivity contribution >= 4 is 42.4 Å². The number of aliphatic hydroxyl groups is 1. The molecular formula is C39H47N3O6Si. The summed E-state index contributed by atoms with van der Waals surface area (Å²) in [4.78, 5) is 47.1. The van der Waals surface area contributed by atoms with Crippen molar-refractivity contribution in [3.8, 4) is 5.75 Å². The van der Waals surface area contributed by atoms with Crippen molar-refractivity contribution in [1.29, 1.82) is 0 Å². The smallest absolute Gasteiger partial charge is 0.264 e. The molecule has 9 nitrogen and oxygen atoms in total. The molecule has 1 N–H and O–H groups in total. The molecule has 0 aromatic heterocycles. The molecule has 0 aliphatic carbocycles. The minimum absolute atomic E-state index is 0.0601. The summed E-state index contributed by atoms with van der Waals surface area (Å²) in [6.45, 7) is 11.9. The van der Waals surface area contributed by atoms with E-state index in [0.717, 1.165) is 34.7 Å². The zero-order valence-electron chi connectivity index (χ0n) is 28.9. The van der Waals surface area contributed by atoms with Gasteiger partial charge in [-0.2, -0.15) is 0 Å². The maximum Gasteiger partial charge on any atom is 0.264 e. The van der Waals surface area contributed by atoms with E-state index in [0.29, 0.717) is 26.1 Å². The lowest BCUT2D eigenvalue weighted by Gasteiger charge is -2.37. The van der Waals surface area contributed by atoms with Crippen molar-refractivity contribution in [1.82, 2.24) is 4.90 Å². The lowest BCUT2D eigenvalue weighted by Crippen LogP contribution is -2.52. The van der Waals surface area contributed by atoms with Gasteiger partial charge in [-0.15, -0.1) is 6.58 Å². The Hall–Kier alpha value is -4.25. The van der Waals surface area contributed by atoms with Crippen LogP contribution >= 0.6 is 0 Å². The maximum absolute atomic E-state index is 14.8. The molecule has 3 heterocycles. The first-order chi connectivity index (χ1) is 23.6. The van der Waals surface area contributed by atoms with E-state index in [4.69, 9.17) is 9.47 Å². The molecule has 3 aliphatic heterocycles. The third-order valence-electron chi connectivity index (χ3n) is 10.8. The number of hydrogen-bond donors (Lipinski definition) is 1. The minimum Gasteiger partial charge on any atom is -0.497 e. The lowest BCUT2D eigenvalue weighted by molar-refractivity contribution is -0.149. The SMILES string of the molecule is C=CCN1C(=O)[C@]2(O[C@H](CC(=O)N(CCO)Cc3ccccc3)[C@@H]([Si](C)(C)c3ccc(OC)cc3)[C@@H]2C)c2cc(N3CCCC3=O)ccc21. The number of amides is 3. The zero-order chi connectivity index (χ0) is 34.9. The van der Waals surface area contributed by atoms with Gasteiger partial charge in [-0.25, -0.2) is 0 Å². The second-order valence-corrected chi connectivity index (χ2v) is 18.6. The van der Waals surface area contributed by atoms with Crippen LogP contribution in [0, 0.1) is 5.92 Å². The Kier molecular flexibility index (Phi) is 9.84. The van der Waals surface area contributed by atoms with Crippen LogP contribution in [-0.2, 0) is 31.3 Å². The number of nitrogens with zero attached hydrogens (tertiary/aromatic N) is 3. The van der Waals surface area contributed by atoms with Crippen LogP contribution in [0.4, 0.5) is 11.4 Å². The van der Waals surface area contributed by atoms with Crippen molar-refractivity contribution in [3.05, 3.63) is 96.6 Å². The first-order valence-corrected chi connectivity index (χ1v) is 20.3. The van der Waals surface area contributed by atoms with E-state index in [-0.39, 0.29) is 48.8 Å². The van der Waals surface area contributed by atoms with Crippen LogP contribution in [0.5, 0.6) is 5.75 Å². The normalized spacial score (nSPS) is 23.3. The molecule has 3 aromatic rings. The molecule has 2 fully saturated rings. The number of carbonyl (C=O) groups is 3. The standard InChI is InChI=1S/C39H47N3O6Si/c1-6-20-42-33-19-14-29(41-21-10-13-35(41)44)24-32(33)39(38(42)46)27(2)37(49(4,5)31-17-15-30(47-3)16-18-31)34(48-39)25-36(45)40(22-23-43)26-28-11-8-7-9-12-28/h6-9,11-12,14-19,24,27,34,37,43H,1,10,13,20-23,25-26H2,2-5H3/t27-,34+,37-,39+/m0/s1. The van der Waals surface area contributed by atoms with E-state index >= 15 is 0 Å². The fourth-order valence-electron chi connectivity index (χ4n) is 8.42. The number of anilines is 2. The topological polar surface area (TPSA) is 99.6 Å². The Labute approximate surface area is 290 Å². The average molecular weight is 682 g/mol. The summed E-state index contributed by atoms with van der Waals surface area (Å²) in [6, 6.07) is 23.7. The van der Waals surface area contributed by atoms with E-state index in [1.165, 1.54) is 5.19 Å². The summed E-state index contributed by atoms with van der Waals surface area (Å²) < 4.78 is 12.6. The highest BCUT2D eigenvalue weighted by molar-refractivity contribution is 6.91. The second-order valence-electron chi connectivity index (χ2n) is 13.9. The van der Waals surface area contributed by atoms with Gasteiger partial charge in [-0.3, -0.25) is 14.4 Å². The summed E-state index contributed by atoms with van der Waals surface area (Å²) in [6.07, 6.45) is 2.48. The van der Waals surface area contributed by atoms with Crippen molar-refractivity contribution in [2.24, 2.45) is 5.92 Å². The summed E-state index contributed by atoms with van der Waals surface area (Å²) in [5.41, 5.74) is 1.70. The number of ether oxygens (including phenoxy) is 2. The van der Waals surface area contributed by atoms with Crippen LogP contribution in [0.25, 0.3) is 0 Å². The van der Waals surface area contributed by atoms with Crippen LogP contribution in [0.1, 0.15) is 37.3 Å². The van der Waals surface area contributed by atoms with Gasteiger partial charge >= 0.3 is 0 Å². The van der Waals surface area contributed by atoms with Gasteiger partial charge in [0, 0.05) is 49.8 Å². The molecular weight excluding hydrogens is 635 g/mol. The first-order valence-electron chi connectivity index (χ1n) is 17.2. The zero-order valence-corrected chi connectivity index (χ0v) is 29.9. The summed E-state index contributed by atoms with van der Waals surface area (Å²) in [5, 5.41) is 11.1. The fourth-order valence-corrected chi connectivity index (χ4v) is 12.4. The molecule has 2 saturated heterocycles. The molecule has 0 radical (unpaired) electrons. The summed E-state index contributed by atoms with van der Waals surface area (Å²) in [7, 11) is -0.849. The molecule has 0 unspecified atom stereocenters. The monoisotopic (exact) mass is 681 g/mol. The van der Waals surface area contributed by atoms with E-state index in [9.17, 15) is 19.5 Å². The van der Waals surface area contributed by atoms with Gasteiger partial charge in [-0.05, 0) is 47.9 Å². The molecule has 4 atom stereocenters. The Balaban J connectivity index is 1.45. The van der Waals surface area contributed by atoms with Gasteiger partial charge in [0.15, 0.2) is 5.60 Å². The summed E-state index contributed by atoms with van der Waals surface area (Å²) >= 11 is 0. The van der Waals surface area contributed by atoms with Crippen molar-refractivity contribution in [3.63, 3.8) is 0 Å². The van der Waals surface area contributed by atoms with Crippen LogP contribution in [-0.4, -0.2) is 75.3 Å². The van der Waals surface area contributed by atoms with E-state index in [2.05, 4.69) is 38.7 Å². The van der Waals surface area contributed by atoms with Crippen LogP contribution in [0.2, 0.25) is 18.6 Å². The van der Waals surface area contributed by atoms with Crippen LogP contribution < -0.4 is 19.7 Å². The predicted octanol–water partition coefficient (Wildman–Crippen LogP) is 4.98. The molecule has 3 amide bonds. The molecule has 3 aromatic carbocycles. The second kappa shape index (κ2) is 13.9. The number of methoxy groups -OCH3 is 1. The number of benzene rings is 3. The Bertz CT molecular complexity index is 1710. The predicted molar refractivity (Wildman–Crippen MR) is 194 cm³/mol. The fraction of sp³-hybridized carbons (Fsp3) is 0.410. The number of carbonyl (C=O) groups excluding carboxylic acids is 3. The van der Waals surface area contributed by atoms with E-state index < -0.39 is 19.8 Å². The number of hydrogen-bond acceptors (Lipinski definition) is 6. The molecule has 10 heteroatoms. The molecule has 0 bridgehead atoms. The Morgan fingerprint density at radius 3 is 2.49 bits per heavy atom. The average Bonchev–Trinajstić information content (AvgIpc) is 3.73. The van der Waals surface area contributed by atoms with Gasteiger partial charge in [0.1, 0.15) is 5.75 Å². The Morgan fingerprint density at radius 1 is 1.12 bits per heavy atom. The third-order valence-corrected chi connectivity index (χ3v) is 15.2. The van der Waals surface area contributed by atoms with Crippen molar-refractivity contribution in [2.75, 3.05) is 43.2 Å². The van der Waals surface area contributed by atoms with Gasteiger partial charge in [0.05, 0.1) is 40.0 Å². The van der Waals surface area contributed by atoms with E-state index in [1.807, 2.05) is 60.7 Å². The van der Waals surface area contributed by atoms with Crippen molar-refractivity contribution in [2.45, 2.75) is 63.1 Å². The molecule has 3 aliphatic rings. The molecule has 49 heavy (non-hydrogen) atoms. The number of rotatable bonds is 12. The molecule has 0 saturated carbocycles. The maximum atomic E-state index is 14.8. The van der Waals surface area contributed by atoms with Gasteiger partial charge in [0.25, 0.3) is 5.91 Å². The van der Waals surface area contributed by atoms with E-state index in [1.54, 1.807) is 27.9 Å². The van der Waals surface area contributed by atoms with Crippen LogP contribution in [0.3, 0.4) is 0 Å². The molecule has 1 spiro atoms. The van der Waals surface area contributed by atoms with Crippen LogP contribution in [0.15, 0.2) is 85.5 Å². The van der Waals surface area contributed by atoms with Crippen molar-refractivity contribution < 1.29 is 29.0 Å². The summed E-state index contributed by atoms with van der Waals surface area (Å²) in [5.74, 6) is 0.216. The largest absolute Gasteiger partial charge is 0.497 e. The number of aliphatic hydroxyl groups excluding tert-OH is 1. The first kappa shape index (κ1) is 34.6. The molecule has 258 valence electrons. The molecule has 6 rings (SSSR count). The van der Waals surface area contributed by atoms with Gasteiger partial charge in [-0.1, -0.05) is 73.7 Å². The third kappa shape index (κ3) is 6.11. The van der Waals surface area contributed by atoms with Gasteiger partial charge in [0.2, 0.25) is 11.8 Å². The highest BCUT2D eigenvalue weighted by Crippen LogP contribution is 2.60. The van der Waals surface area contributed by atoms with Gasteiger partial charge < -0.3 is 29.3 Å². The number of fused-ring (bicyclic) bond motifs is 2. The lowest BCUT2D eigenvalue weighted by atomic mass is 9.82. The highest BCUT2D eigenvalue weighted by atomic mass is 28.3. The minimum atomic E-state index is -2.49.